The summed E-state index contributed by atoms with van der Waals surface area (Å²) in [5, 5.41) is 0. The SMILES string of the molecule is C=CC[C@H]1CC(=O)O1. The molecule has 1 atom stereocenters. The molecule has 1 fully saturated rings. The largest absolute Gasteiger partial charge is 0.461 e. The van der Waals surface area contributed by atoms with Crippen molar-refractivity contribution in [3.8, 4) is 0 Å². The number of cyclic esters (lactones) is 1. The zero-order valence-electron chi connectivity index (χ0n) is 4.59. The van der Waals surface area contributed by atoms with E-state index in [4.69, 9.17) is 0 Å². The molecule has 0 saturated carbocycles. The first-order valence-corrected chi connectivity index (χ1v) is 2.63. The summed E-state index contributed by atoms with van der Waals surface area (Å²) in [6, 6.07) is 0. The number of hydrogen-bond acceptors (Lipinski definition) is 2. The van der Waals surface area contributed by atoms with Crippen molar-refractivity contribution in [3.63, 3.8) is 0 Å². The molecule has 0 aromatic carbocycles. The molecule has 0 aromatic heterocycles. The molecule has 1 aliphatic rings. The summed E-state index contributed by atoms with van der Waals surface area (Å²) in [6.45, 7) is 3.52. The topological polar surface area (TPSA) is 26.3 Å². The quantitative estimate of drug-likeness (QED) is 0.391. The first-order chi connectivity index (χ1) is 3.83. The van der Waals surface area contributed by atoms with Crippen LogP contribution >= 0.6 is 0 Å². The summed E-state index contributed by atoms with van der Waals surface area (Å²) >= 11 is 0. The first kappa shape index (κ1) is 5.35. The van der Waals surface area contributed by atoms with Crippen LogP contribution in [0.4, 0.5) is 0 Å². The van der Waals surface area contributed by atoms with Crippen molar-refractivity contribution in [1.82, 2.24) is 0 Å². The van der Waals surface area contributed by atoms with Crippen molar-refractivity contribution in [3.05, 3.63) is 12.7 Å². The van der Waals surface area contributed by atoms with Crippen LogP contribution in [-0.2, 0) is 9.53 Å². The molecule has 1 saturated heterocycles. The molecule has 2 heteroatoms. The van der Waals surface area contributed by atoms with Gasteiger partial charge in [0.15, 0.2) is 0 Å². The fraction of sp³-hybridized carbons (Fsp3) is 0.500. The molecule has 1 aliphatic heterocycles. The minimum atomic E-state index is -0.0862. The molecule has 2 nitrogen and oxygen atoms in total. The Kier molecular flexibility index (Phi) is 1.33. The maximum Gasteiger partial charge on any atom is 0.309 e. The van der Waals surface area contributed by atoms with Crippen LogP contribution < -0.4 is 0 Å². The highest BCUT2D eigenvalue weighted by Crippen LogP contribution is 2.16. The molecule has 1 heterocycles. The third-order valence-corrected chi connectivity index (χ3v) is 1.12. The van der Waals surface area contributed by atoms with Crippen molar-refractivity contribution < 1.29 is 9.53 Å². The van der Waals surface area contributed by atoms with Gasteiger partial charge in [-0.3, -0.25) is 4.79 Å². The van der Waals surface area contributed by atoms with Crippen molar-refractivity contribution in [1.29, 1.82) is 0 Å². The van der Waals surface area contributed by atoms with Gasteiger partial charge in [0.1, 0.15) is 6.10 Å². The Morgan fingerprint density at radius 2 is 2.62 bits per heavy atom. The Balaban J connectivity index is 2.15. The maximum absolute atomic E-state index is 10.1. The van der Waals surface area contributed by atoms with Crippen LogP contribution in [0.2, 0.25) is 0 Å². The van der Waals surface area contributed by atoms with Crippen LogP contribution in [0.1, 0.15) is 12.8 Å². The highest BCUT2D eigenvalue weighted by atomic mass is 16.6. The maximum atomic E-state index is 10.1. The summed E-state index contributed by atoms with van der Waals surface area (Å²) < 4.78 is 4.67. The van der Waals surface area contributed by atoms with E-state index in [2.05, 4.69) is 11.3 Å². The lowest BCUT2D eigenvalue weighted by Gasteiger charge is -2.23. The predicted octanol–water partition coefficient (Wildman–Crippen LogP) is 0.878. The number of carbonyl (C=O) groups is 1. The van der Waals surface area contributed by atoms with Crippen LogP contribution in [0.25, 0.3) is 0 Å². The van der Waals surface area contributed by atoms with Gasteiger partial charge < -0.3 is 4.74 Å². The lowest BCUT2D eigenvalue weighted by atomic mass is 10.1. The number of carbonyl (C=O) groups excluding carboxylic acids is 1. The Bertz CT molecular complexity index is 107. The van der Waals surface area contributed by atoms with Gasteiger partial charge in [0.2, 0.25) is 0 Å². The lowest BCUT2D eigenvalue weighted by molar-refractivity contribution is -0.168. The lowest BCUT2D eigenvalue weighted by Crippen LogP contribution is -2.31. The van der Waals surface area contributed by atoms with Crippen molar-refractivity contribution >= 4 is 5.97 Å². The van der Waals surface area contributed by atoms with Gasteiger partial charge in [-0.15, -0.1) is 6.58 Å². The fourth-order valence-electron chi connectivity index (χ4n) is 0.680. The number of ether oxygens (including phenoxy) is 1. The van der Waals surface area contributed by atoms with Gasteiger partial charge in [-0.05, 0) is 0 Å². The van der Waals surface area contributed by atoms with E-state index in [1.54, 1.807) is 6.08 Å². The van der Waals surface area contributed by atoms with Crippen molar-refractivity contribution in [2.24, 2.45) is 0 Å². The van der Waals surface area contributed by atoms with Gasteiger partial charge in [-0.25, -0.2) is 0 Å². The molecule has 0 radical (unpaired) electrons. The van der Waals surface area contributed by atoms with E-state index >= 15 is 0 Å². The number of esters is 1. The highest BCUT2D eigenvalue weighted by Gasteiger charge is 2.26. The molecule has 0 bridgehead atoms. The monoisotopic (exact) mass is 112 g/mol. The van der Waals surface area contributed by atoms with E-state index in [-0.39, 0.29) is 12.1 Å². The van der Waals surface area contributed by atoms with Gasteiger partial charge in [0.05, 0.1) is 6.42 Å². The van der Waals surface area contributed by atoms with Crippen LogP contribution in [0.15, 0.2) is 12.7 Å². The van der Waals surface area contributed by atoms with Gasteiger partial charge in [0.25, 0.3) is 0 Å². The zero-order chi connectivity index (χ0) is 5.98. The summed E-state index contributed by atoms with van der Waals surface area (Å²) in [5.41, 5.74) is 0. The van der Waals surface area contributed by atoms with Crippen LogP contribution in [0, 0.1) is 0 Å². The molecular weight excluding hydrogens is 104 g/mol. The second-order valence-electron chi connectivity index (χ2n) is 1.84. The van der Waals surface area contributed by atoms with E-state index < -0.39 is 0 Å². The average molecular weight is 112 g/mol. The second-order valence-corrected chi connectivity index (χ2v) is 1.84. The Hall–Kier alpha value is -0.790. The second kappa shape index (κ2) is 1.99. The summed E-state index contributed by atoms with van der Waals surface area (Å²) in [6.07, 6.45) is 3.27. The van der Waals surface area contributed by atoms with Crippen molar-refractivity contribution in [2.75, 3.05) is 0 Å². The van der Waals surface area contributed by atoms with Gasteiger partial charge in [-0.1, -0.05) is 6.08 Å². The molecule has 1 rings (SSSR count). The van der Waals surface area contributed by atoms with E-state index in [0.29, 0.717) is 6.42 Å². The van der Waals surface area contributed by atoms with Crippen molar-refractivity contribution in [2.45, 2.75) is 18.9 Å². The number of hydrogen-bond donors (Lipinski definition) is 0. The highest BCUT2D eigenvalue weighted by molar-refractivity contribution is 5.75. The minimum Gasteiger partial charge on any atom is -0.461 e. The molecule has 0 aliphatic carbocycles. The van der Waals surface area contributed by atoms with Crippen LogP contribution in [0.5, 0.6) is 0 Å². The molecule has 0 aromatic rings. The summed E-state index contributed by atoms with van der Waals surface area (Å²) in [7, 11) is 0. The fourth-order valence-corrected chi connectivity index (χ4v) is 0.680. The van der Waals surface area contributed by atoms with Gasteiger partial charge in [-0.2, -0.15) is 0 Å². The standard InChI is InChI=1S/C6H8O2/c1-2-3-5-4-6(7)8-5/h2,5H,1,3-4H2/t5-/m0/s1. The van der Waals surface area contributed by atoms with E-state index in [1.807, 2.05) is 0 Å². The number of rotatable bonds is 2. The van der Waals surface area contributed by atoms with Crippen LogP contribution in [0.3, 0.4) is 0 Å². The van der Waals surface area contributed by atoms with E-state index in [0.717, 1.165) is 6.42 Å². The minimum absolute atomic E-state index is 0.0862. The molecule has 8 heavy (non-hydrogen) atoms. The zero-order valence-corrected chi connectivity index (χ0v) is 4.59. The average Bonchev–Trinajstić information content (AvgIpc) is 1.64. The molecule has 0 N–H and O–H groups in total. The smallest absolute Gasteiger partial charge is 0.309 e. The third-order valence-electron chi connectivity index (χ3n) is 1.12. The van der Waals surface area contributed by atoms with E-state index in [1.165, 1.54) is 0 Å². The van der Waals surface area contributed by atoms with Gasteiger partial charge >= 0.3 is 5.97 Å². The van der Waals surface area contributed by atoms with Crippen LogP contribution in [-0.4, -0.2) is 12.1 Å². The Morgan fingerprint density at radius 3 is 3.00 bits per heavy atom. The Labute approximate surface area is 48.1 Å². The molecule has 0 amide bonds. The molecular formula is C6H8O2. The molecule has 44 valence electrons. The Morgan fingerprint density at radius 1 is 2.00 bits per heavy atom. The summed E-state index contributed by atoms with van der Waals surface area (Å²) in [4.78, 5) is 10.1. The first-order valence-electron chi connectivity index (χ1n) is 2.63. The third kappa shape index (κ3) is 0.886. The summed E-state index contributed by atoms with van der Waals surface area (Å²) in [5.74, 6) is -0.0862. The predicted molar refractivity (Wildman–Crippen MR) is 29.3 cm³/mol. The molecule has 0 spiro atoms. The van der Waals surface area contributed by atoms with E-state index in [9.17, 15) is 4.79 Å². The van der Waals surface area contributed by atoms with Gasteiger partial charge in [0, 0.05) is 6.42 Å². The normalized spacial score (nSPS) is 26.0. The molecule has 0 unspecified atom stereocenters.